The molecule has 1 unspecified atom stereocenters. The molecule has 11 heteroatoms. The van der Waals surface area contributed by atoms with Gasteiger partial charge >= 0.3 is 29.8 Å². The smallest absolute Gasteiger partial charge is 0.337 e. The van der Waals surface area contributed by atoms with Crippen molar-refractivity contribution in [3.8, 4) is 0 Å². The summed E-state index contributed by atoms with van der Waals surface area (Å²) in [5.74, 6) is -4.61. The third kappa shape index (κ3) is 6.70. The van der Waals surface area contributed by atoms with E-state index in [0.717, 1.165) is 0 Å². The maximum Gasteiger partial charge on any atom is 0.337 e. The Kier molecular flexibility index (Phi) is 9.53. The van der Waals surface area contributed by atoms with Crippen molar-refractivity contribution in [2.75, 3.05) is 0 Å². The van der Waals surface area contributed by atoms with Crippen molar-refractivity contribution >= 4 is 29.8 Å². The molecule has 1 fully saturated rings. The van der Waals surface area contributed by atoms with E-state index in [2.05, 4.69) is 0 Å². The Bertz CT molecular complexity index is 629. The number of hydrogen-bond acceptors (Lipinski definition) is 10. The Hall–Kier alpha value is -2.69. The number of carboxylic acids is 1. The van der Waals surface area contributed by atoms with Crippen molar-refractivity contribution in [1.82, 2.24) is 0 Å². The molecule has 1 aliphatic heterocycles. The number of esters is 4. The molecule has 1 rings (SSSR count). The summed E-state index contributed by atoms with van der Waals surface area (Å²) < 4.78 is 26.0. The van der Waals surface area contributed by atoms with Crippen molar-refractivity contribution in [2.45, 2.75) is 84.1 Å². The van der Waals surface area contributed by atoms with Crippen LogP contribution in [0.3, 0.4) is 0 Å². The predicted octanol–water partition coefficient (Wildman–Crippen LogP) is 0.715. The second-order valence-corrected chi connectivity index (χ2v) is 6.03. The van der Waals surface area contributed by atoms with Gasteiger partial charge in [-0.25, -0.2) is 4.79 Å². The van der Waals surface area contributed by atoms with Gasteiger partial charge in [0.1, 0.15) is 0 Å². The molecule has 164 valence electrons. The molecule has 0 spiro atoms. The van der Waals surface area contributed by atoms with E-state index >= 15 is 0 Å². The van der Waals surface area contributed by atoms with E-state index < -0.39 is 60.6 Å². The van der Waals surface area contributed by atoms with Gasteiger partial charge in [-0.05, 0) is 0 Å². The molecule has 0 saturated carbocycles. The van der Waals surface area contributed by atoms with Crippen molar-refractivity contribution in [1.29, 1.82) is 0 Å². The molecule has 0 aromatic carbocycles. The molecule has 0 aliphatic carbocycles. The van der Waals surface area contributed by atoms with E-state index in [4.69, 9.17) is 23.7 Å². The molecule has 1 aliphatic rings. The van der Waals surface area contributed by atoms with Gasteiger partial charge in [-0.2, -0.15) is 0 Å². The first kappa shape index (κ1) is 24.3. The lowest BCUT2D eigenvalue weighted by Gasteiger charge is -2.42. The van der Waals surface area contributed by atoms with Gasteiger partial charge in [0, 0.05) is 25.7 Å². The Labute approximate surface area is 167 Å². The highest BCUT2D eigenvalue weighted by Gasteiger charge is 2.56. The topological polar surface area (TPSA) is 152 Å². The maximum absolute atomic E-state index is 11.9. The SMILES string of the molecule is CCC(=O)O[C@H]1OC(C(=O)O)[C@@H](OC(=O)CC)[C@H](OC(=O)CC)[C@H]1OC(=O)CC. The van der Waals surface area contributed by atoms with Crippen molar-refractivity contribution in [3.63, 3.8) is 0 Å². The molecule has 1 heterocycles. The molecule has 11 nitrogen and oxygen atoms in total. The number of carbonyl (C=O) groups is 5. The van der Waals surface area contributed by atoms with Crippen LogP contribution < -0.4 is 0 Å². The minimum absolute atomic E-state index is 0.0683. The molecular formula is C18H26O11. The maximum atomic E-state index is 11.9. The van der Waals surface area contributed by atoms with Crippen LogP contribution in [0.1, 0.15) is 53.4 Å². The van der Waals surface area contributed by atoms with Crippen molar-refractivity contribution in [3.05, 3.63) is 0 Å². The number of aliphatic carboxylic acids is 1. The number of rotatable bonds is 9. The molecule has 5 atom stereocenters. The monoisotopic (exact) mass is 418 g/mol. The van der Waals surface area contributed by atoms with E-state index in [0.29, 0.717) is 0 Å². The van der Waals surface area contributed by atoms with E-state index in [-0.39, 0.29) is 25.7 Å². The average Bonchev–Trinajstić information content (AvgIpc) is 2.70. The fourth-order valence-corrected chi connectivity index (χ4v) is 2.41. The summed E-state index contributed by atoms with van der Waals surface area (Å²) in [7, 11) is 0. The van der Waals surface area contributed by atoms with E-state index in [1.165, 1.54) is 27.7 Å². The summed E-state index contributed by atoms with van der Waals surface area (Å²) in [4.78, 5) is 59.2. The molecule has 1 saturated heterocycles. The van der Waals surface area contributed by atoms with Gasteiger partial charge in [0.2, 0.25) is 12.4 Å². The van der Waals surface area contributed by atoms with Gasteiger partial charge in [0.05, 0.1) is 0 Å². The number of carboxylic acid groups (broad SMARTS) is 1. The van der Waals surface area contributed by atoms with Crippen LogP contribution in [0.25, 0.3) is 0 Å². The highest BCUT2D eigenvalue weighted by Crippen LogP contribution is 2.30. The van der Waals surface area contributed by atoms with Gasteiger partial charge in [-0.1, -0.05) is 27.7 Å². The Morgan fingerprint density at radius 1 is 0.655 bits per heavy atom. The summed E-state index contributed by atoms with van der Waals surface area (Å²) in [6.45, 7) is 5.97. The summed E-state index contributed by atoms with van der Waals surface area (Å²) in [6, 6.07) is 0. The molecule has 0 aromatic rings. The van der Waals surface area contributed by atoms with Crippen LogP contribution in [-0.4, -0.2) is 65.7 Å². The van der Waals surface area contributed by atoms with Crippen molar-refractivity contribution in [2.24, 2.45) is 0 Å². The van der Waals surface area contributed by atoms with Gasteiger partial charge < -0.3 is 28.8 Å². The number of carbonyl (C=O) groups excluding carboxylic acids is 4. The first-order valence-electron chi connectivity index (χ1n) is 9.34. The first-order valence-corrected chi connectivity index (χ1v) is 9.34. The molecule has 0 radical (unpaired) electrons. The second kappa shape index (κ2) is 11.3. The van der Waals surface area contributed by atoms with Gasteiger partial charge in [0.25, 0.3) is 0 Å². The van der Waals surface area contributed by atoms with E-state index in [1.807, 2.05) is 0 Å². The molecular weight excluding hydrogens is 392 g/mol. The van der Waals surface area contributed by atoms with Crippen LogP contribution in [0.4, 0.5) is 0 Å². The zero-order valence-corrected chi connectivity index (χ0v) is 16.7. The zero-order valence-electron chi connectivity index (χ0n) is 16.7. The van der Waals surface area contributed by atoms with Gasteiger partial charge in [-0.15, -0.1) is 0 Å². The molecule has 0 aromatic heterocycles. The van der Waals surface area contributed by atoms with Gasteiger partial charge in [-0.3, -0.25) is 19.2 Å². The zero-order chi connectivity index (χ0) is 22.1. The Balaban J connectivity index is 3.41. The normalized spacial score (nSPS) is 26.1. The summed E-state index contributed by atoms with van der Waals surface area (Å²) in [5.41, 5.74) is 0. The minimum Gasteiger partial charge on any atom is -0.479 e. The first-order chi connectivity index (χ1) is 13.7. The van der Waals surface area contributed by atoms with E-state index in [1.54, 1.807) is 0 Å². The lowest BCUT2D eigenvalue weighted by atomic mass is 9.97. The highest BCUT2D eigenvalue weighted by molar-refractivity contribution is 5.76. The quantitative estimate of drug-likeness (QED) is 0.416. The van der Waals surface area contributed by atoms with Crippen LogP contribution in [0.15, 0.2) is 0 Å². The molecule has 29 heavy (non-hydrogen) atoms. The number of ether oxygens (including phenoxy) is 5. The largest absolute Gasteiger partial charge is 0.479 e. The highest BCUT2D eigenvalue weighted by atomic mass is 16.7. The predicted molar refractivity (Wildman–Crippen MR) is 93.2 cm³/mol. The second-order valence-electron chi connectivity index (χ2n) is 6.03. The van der Waals surface area contributed by atoms with Crippen LogP contribution in [-0.2, 0) is 47.7 Å². The third-order valence-electron chi connectivity index (χ3n) is 3.94. The summed E-state index contributed by atoms with van der Waals surface area (Å²) in [6.07, 6.45) is -8.53. The summed E-state index contributed by atoms with van der Waals surface area (Å²) in [5, 5.41) is 9.52. The summed E-state index contributed by atoms with van der Waals surface area (Å²) >= 11 is 0. The lowest BCUT2D eigenvalue weighted by Crippen LogP contribution is -2.64. The molecule has 0 bridgehead atoms. The molecule has 1 N–H and O–H groups in total. The van der Waals surface area contributed by atoms with Crippen LogP contribution in [0.2, 0.25) is 0 Å². The number of hydrogen-bond donors (Lipinski definition) is 1. The lowest BCUT2D eigenvalue weighted by molar-refractivity contribution is -0.294. The third-order valence-corrected chi connectivity index (χ3v) is 3.94. The standard InChI is InChI=1S/C18H26O11/c1-5-9(19)25-13-14(26-10(20)6-2)16(27-11(21)7-3)18(28-12(22)8-4)29-15(13)17(23)24/h13-16,18H,5-8H2,1-4H3,(H,23,24)/t13-,14-,15?,16+,18-/m0/s1. The average molecular weight is 418 g/mol. The van der Waals surface area contributed by atoms with Crippen molar-refractivity contribution < 1.29 is 52.8 Å². The fraction of sp³-hybridized carbons (Fsp3) is 0.722. The Morgan fingerprint density at radius 3 is 1.45 bits per heavy atom. The van der Waals surface area contributed by atoms with Crippen LogP contribution >= 0.6 is 0 Å². The van der Waals surface area contributed by atoms with Crippen LogP contribution in [0, 0.1) is 0 Å². The van der Waals surface area contributed by atoms with Crippen LogP contribution in [0.5, 0.6) is 0 Å². The van der Waals surface area contributed by atoms with Gasteiger partial charge in [0.15, 0.2) is 18.3 Å². The fourth-order valence-electron chi connectivity index (χ4n) is 2.41. The van der Waals surface area contributed by atoms with E-state index in [9.17, 15) is 29.1 Å². The molecule has 0 amide bonds. The Morgan fingerprint density at radius 2 is 1.03 bits per heavy atom. The minimum atomic E-state index is -1.83.